The molecule has 2 amide bonds. The van der Waals surface area contributed by atoms with Crippen molar-refractivity contribution in [2.45, 2.75) is 18.1 Å². The van der Waals surface area contributed by atoms with Gasteiger partial charge in [0.25, 0.3) is 0 Å². The van der Waals surface area contributed by atoms with Crippen molar-refractivity contribution in [1.82, 2.24) is 15.5 Å². The number of carbonyl (C=O) groups excluding carboxylic acids is 1. The van der Waals surface area contributed by atoms with E-state index in [1.54, 1.807) is 0 Å². The van der Waals surface area contributed by atoms with E-state index in [1.807, 2.05) is 7.05 Å². The summed E-state index contributed by atoms with van der Waals surface area (Å²) in [5.74, 6) is -1.07. The van der Waals surface area contributed by atoms with Gasteiger partial charge in [-0.05, 0) is 7.05 Å². The van der Waals surface area contributed by atoms with Crippen LogP contribution in [-0.4, -0.2) is 80.2 Å². The third-order valence-corrected chi connectivity index (χ3v) is 3.62. The highest BCUT2D eigenvalue weighted by atomic mass is 16.5. The molecule has 0 bridgehead atoms. The molecule has 0 spiro atoms. The second kappa shape index (κ2) is 6.38. The molecule has 3 N–H and O–H groups in total. The van der Waals surface area contributed by atoms with Gasteiger partial charge in [0, 0.05) is 32.7 Å². The van der Waals surface area contributed by atoms with Crippen molar-refractivity contribution in [3.8, 4) is 0 Å². The van der Waals surface area contributed by atoms with E-state index in [0.717, 1.165) is 13.1 Å². The fraction of sp³-hybridized carbons (Fsp3) is 0.833. The number of morpholine rings is 1. The van der Waals surface area contributed by atoms with Gasteiger partial charge in [-0.1, -0.05) is 0 Å². The Morgan fingerprint density at radius 3 is 2.85 bits per heavy atom. The van der Waals surface area contributed by atoms with Gasteiger partial charge in [-0.3, -0.25) is 0 Å². The summed E-state index contributed by atoms with van der Waals surface area (Å²) in [6, 6.07) is -0.505. The number of carbonyl (C=O) groups is 2. The highest BCUT2D eigenvalue weighted by Gasteiger charge is 2.44. The van der Waals surface area contributed by atoms with Crippen LogP contribution in [0.5, 0.6) is 0 Å². The Morgan fingerprint density at radius 2 is 2.25 bits per heavy atom. The largest absolute Gasteiger partial charge is 0.479 e. The summed E-state index contributed by atoms with van der Waals surface area (Å²) in [6.45, 7) is 2.95. The molecule has 2 saturated heterocycles. The average molecular weight is 287 g/mol. The maximum atomic E-state index is 11.8. The number of nitrogens with zero attached hydrogens (tertiary/aromatic N) is 1. The van der Waals surface area contributed by atoms with E-state index in [-0.39, 0.29) is 19.1 Å². The molecule has 0 saturated carbocycles. The van der Waals surface area contributed by atoms with Crippen LogP contribution in [0.25, 0.3) is 0 Å². The monoisotopic (exact) mass is 287 g/mol. The molecule has 0 radical (unpaired) electrons. The maximum Gasteiger partial charge on any atom is 0.332 e. The first-order valence-corrected chi connectivity index (χ1v) is 6.69. The summed E-state index contributed by atoms with van der Waals surface area (Å²) in [5, 5.41) is 14.4. The quantitative estimate of drug-likeness (QED) is 0.604. The van der Waals surface area contributed by atoms with Crippen LogP contribution in [0.15, 0.2) is 0 Å². The molecule has 2 aliphatic rings. The van der Waals surface area contributed by atoms with Crippen LogP contribution in [-0.2, 0) is 14.3 Å². The lowest BCUT2D eigenvalue weighted by Crippen LogP contribution is -2.58. The SMILES string of the molecule is CN1CCOC(CNC(=O)NC2(C(=O)O)CCOC2)C1. The van der Waals surface area contributed by atoms with Crippen molar-refractivity contribution >= 4 is 12.0 Å². The van der Waals surface area contributed by atoms with E-state index in [2.05, 4.69) is 15.5 Å². The lowest BCUT2D eigenvalue weighted by atomic mass is 9.99. The maximum absolute atomic E-state index is 11.8. The summed E-state index contributed by atoms with van der Waals surface area (Å²) in [6.07, 6.45) is 0.207. The molecule has 2 heterocycles. The zero-order valence-corrected chi connectivity index (χ0v) is 11.6. The van der Waals surface area contributed by atoms with Gasteiger partial charge in [0.2, 0.25) is 0 Å². The number of rotatable bonds is 4. The molecule has 114 valence electrons. The highest BCUT2D eigenvalue weighted by Crippen LogP contribution is 2.18. The fourth-order valence-electron chi connectivity index (χ4n) is 2.34. The lowest BCUT2D eigenvalue weighted by Gasteiger charge is -2.30. The van der Waals surface area contributed by atoms with E-state index in [0.29, 0.717) is 19.8 Å². The number of urea groups is 1. The van der Waals surface area contributed by atoms with Gasteiger partial charge in [0.05, 0.1) is 19.3 Å². The zero-order chi connectivity index (χ0) is 14.6. The van der Waals surface area contributed by atoms with E-state index in [4.69, 9.17) is 9.47 Å². The number of carboxylic acid groups (broad SMARTS) is 1. The standard InChI is InChI=1S/C12H21N3O5/c1-15-3-5-20-9(7-15)6-13-11(18)14-12(10(16)17)2-4-19-8-12/h9H,2-8H2,1H3,(H,16,17)(H2,13,14,18). The van der Waals surface area contributed by atoms with Crippen molar-refractivity contribution in [3.63, 3.8) is 0 Å². The summed E-state index contributed by atoms with van der Waals surface area (Å²) < 4.78 is 10.6. The summed E-state index contributed by atoms with van der Waals surface area (Å²) in [7, 11) is 1.99. The van der Waals surface area contributed by atoms with Crippen molar-refractivity contribution in [1.29, 1.82) is 0 Å². The number of ether oxygens (including phenoxy) is 2. The Balaban J connectivity index is 1.78. The summed E-state index contributed by atoms with van der Waals surface area (Å²) in [4.78, 5) is 25.2. The van der Waals surface area contributed by atoms with E-state index < -0.39 is 17.5 Å². The van der Waals surface area contributed by atoms with Gasteiger partial charge in [-0.2, -0.15) is 0 Å². The molecule has 2 unspecified atom stereocenters. The zero-order valence-electron chi connectivity index (χ0n) is 11.6. The van der Waals surface area contributed by atoms with Crippen molar-refractivity contribution in [2.75, 3.05) is 46.5 Å². The first kappa shape index (κ1) is 15.0. The number of carboxylic acids is 1. The number of likely N-dealkylation sites (N-methyl/N-ethyl adjacent to an activating group) is 1. The molecular weight excluding hydrogens is 266 g/mol. The fourth-order valence-corrected chi connectivity index (χ4v) is 2.34. The molecule has 8 heteroatoms. The Hall–Kier alpha value is -1.38. The molecule has 2 aliphatic heterocycles. The van der Waals surface area contributed by atoms with Gasteiger partial charge in [-0.25, -0.2) is 9.59 Å². The van der Waals surface area contributed by atoms with Crippen LogP contribution in [0.2, 0.25) is 0 Å². The predicted molar refractivity (Wildman–Crippen MR) is 69.6 cm³/mol. The molecule has 0 aromatic heterocycles. The molecular formula is C12H21N3O5. The molecule has 2 fully saturated rings. The summed E-state index contributed by atoms with van der Waals surface area (Å²) >= 11 is 0. The molecule has 8 nitrogen and oxygen atoms in total. The first-order valence-electron chi connectivity index (χ1n) is 6.69. The molecule has 0 aromatic rings. The van der Waals surface area contributed by atoms with Crippen LogP contribution in [0.1, 0.15) is 6.42 Å². The minimum absolute atomic E-state index is 0.00157. The second-order valence-corrected chi connectivity index (χ2v) is 5.28. The van der Waals surface area contributed by atoms with Gasteiger partial charge in [-0.15, -0.1) is 0 Å². The van der Waals surface area contributed by atoms with Gasteiger partial charge >= 0.3 is 12.0 Å². The van der Waals surface area contributed by atoms with Crippen molar-refractivity contribution < 1.29 is 24.2 Å². The lowest BCUT2D eigenvalue weighted by molar-refractivity contribution is -0.144. The van der Waals surface area contributed by atoms with Crippen LogP contribution >= 0.6 is 0 Å². The van der Waals surface area contributed by atoms with Gasteiger partial charge < -0.3 is 30.1 Å². The van der Waals surface area contributed by atoms with Crippen molar-refractivity contribution in [3.05, 3.63) is 0 Å². The minimum atomic E-state index is -1.31. The van der Waals surface area contributed by atoms with Gasteiger partial charge in [0.15, 0.2) is 5.54 Å². The molecule has 20 heavy (non-hydrogen) atoms. The number of hydrogen-bond donors (Lipinski definition) is 3. The second-order valence-electron chi connectivity index (χ2n) is 5.28. The van der Waals surface area contributed by atoms with Crippen LogP contribution < -0.4 is 10.6 Å². The number of hydrogen-bond acceptors (Lipinski definition) is 5. The van der Waals surface area contributed by atoms with Crippen LogP contribution in [0, 0.1) is 0 Å². The summed E-state index contributed by atoms with van der Waals surface area (Å²) in [5.41, 5.74) is -1.31. The predicted octanol–water partition coefficient (Wildman–Crippen LogP) is -1.14. The van der Waals surface area contributed by atoms with Crippen molar-refractivity contribution in [2.24, 2.45) is 0 Å². The van der Waals surface area contributed by atoms with E-state index >= 15 is 0 Å². The number of aliphatic carboxylic acids is 1. The Morgan fingerprint density at radius 1 is 1.45 bits per heavy atom. The molecule has 2 rings (SSSR count). The first-order chi connectivity index (χ1) is 9.52. The third-order valence-electron chi connectivity index (χ3n) is 3.62. The Kier molecular flexibility index (Phi) is 4.79. The molecule has 2 atom stereocenters. The molecule has 0 aromatic carbocycles. The topological polar surface area (TPSA) is 100 Å². The minimum Gasteiger partial charge on any atom is -0.479 e. The van der Waals surface area contributed by atoms with Gasteiger partial charge in [0.1, 0.15) is 0 Å². The Bertz CT molecular complexity index is 370. The van der Waals surface area contributed by atoms with Crippen LogP contribution in [0.4, 0.5) is 4.79 Å². The van der Waals surface area contributed by atoms with E-state index in [9.17, 15) is 14.7 Å². The Labute approximate surface area is 117 Å². The smallest absolute Gasteiger partial charge is 0.332 e. The molecule has 0 aliphatic carbocycles. The van der Waals surface area contributed by atoms with Crippen LogP contribution in [0.3, 0.4) is 0 Å². The number of amides is 2. The third kappa shape index (κ3) is 3.59. The highest BCUT2D eigenvalue weighted by molar-refractivity contribution is 5.86. The average Bonchev–Trinajstić information content (AvgIpc) is 2.86. The number of nitrogens with one attached hydrogen (secondary N) is 2. The van der Waals surface area contributed by atoms with E-state index in [1.165, 1.54) is 0 Å². The normalized spacial score (nSPS) is 30.9.